The second kappa shape index (κ2) is 6.17. The van der Waals surface area contributed by atoms with Crippen molar-refractivity contribution in [2.45, 2.75) is 82.9 Å². The third kappa shape index (κ3) is 4.00. The summed E-state index contributed by atoms with van der Waals surface area (Å²) in [6, 6.07) is 0.743. The maximum Gasteiger partial charge on any atom is 0.0600 e. The standard InChI is InChI=1S/C18H34N2O/c1-17(2,3)21-12-11-20-13-16(15-7-8-15)19-14-18(20)9-5-4-6-10-18/h15-16,19H,4-14H2,1-3H3. The maximum absolute atomic E-state index is 6.02. The Hall–Kier alpha value is -0.120. The lowest BCUT2D eigenvalue weighted by Crippen LogP contribution is -2.66. The third-order valence-electron chi connectivity index (χ3n) is 5.65. The van der Waals surface area contributed by atoms with Gasteiger partial charge < -0.3 is 10.1 Å². The number of hydrogen-bond acceptors (Lipinski definition) is 3. The van der Waals surface area contributed by atoms with E-state index < -0.39 is 0 Å². The van der Waals surface area contributed by atoms with Gasteiger partial charge in [-0.3, -0.25) is 4.90 Å². The predicted molar refractivity (Wildman–Crippen MR) is 87.6 cm³/mol. The maximum atomic E-state index is 6.02. The molecule has 0 radical (unpaired) electrons. The number of nitrogens with zero attached hydrogens (tertiary/aromatic N) is 1. The van der Waals surface area contributed by atoms with E-state index in [1.165, 1.54) is 58.0 Å². The van der Waals surface area contributed by atoms with E-state index in [0.717, 1.165) is 25.1 Å². The van der Waals surface area contributed by atoms with E-state index in [4.69, 9.17) is 4.74 Å². The lowest BCUT2D eigenvalue weighted by molar-refractivity contribution is -0.0500. The van der Waals surface area contributed by atoms with E-state index in [9.17, 15) is 0 Å². The summed E-state index contributed by atoms with van der Waals surface area (Å²) in [4.78, 5) is 2.80. The summed E-state index contributed by atoms with van der Waals surface area (Å²) in [5.41, 5.74) is 0.425. The molecule has 1 atom stereocenters. The van der Waals surface area contributed by atoms with Crippen molar-refractivity contribution in [2.24, 2.45) is 5.92 Å². The number of piperazine rings is 1. The second-order valence-electron chi connectivity index (χ2n) is 8.52. The quantitative estimate of drug-likeness (QED) is 0.862. The van der Waals surface area contributed by atoms with Gasteiger partial charge in [-0.25, -0.2) is 0 Å². The predicted octanol–water partition coefficient (Wildman–Crippen LogP) is 3.19. The van der Waals surface area contributed by atoms with Crippen molar-refractivity contribution in [3.8, 4) is 0 Å². The van der Waals surface area contributed by atoms with Crippen LogP contribution in [0.15, 0.2) is 0 Å². The Balaban J connectivity index is 1.61. The van der Waals surface area contributed by atoms with Gasteiger partial charge in [0.1, 0.15) is 0 Å². The monoisotopic (exact) mass is 294 g/mol. The lowest BCUT2D eigenvalue weighted by atomic mass is 9.78. The second-order valence-corrected chi connectivity index (χ2v) is 8.52. The molecular weight excluding hydrogens is 260 g/mol. The Morgan fingerprint density at radius 2 is 1.86 bits per heavy atom. The summed E-state index contributed by atoms with van der Waals surface area (Å²) in [5, 5.41) is 3.90. The van der Waals surface area contributed by atoms with Crippen molar-refractivity contribution in [2.75, 3.05) is 26.2 Å². The van der Waals surface area contributed by atoms with Gasteiger partial charge in [0.15, 0.2) is 0 Å². The molecule has 0 bridgehead atoms. The van der Waals surface area contributed by atoms with Crippen LogP contribution < -0.4 is 5.32 Å². The van der Waals surface area contributed by atoms with Crippen LogP contribution in [0.4, 0.5) is 0 Å². The third-order valence-corrected chi connectivity index (χ3v) is 5.65. The molecule has 1 N–H and O–H groups in total. The van der Waals surface area contributed by atoms with E-state index >= 15 is 0 Å². The molecule has 1 aliphatic heterocycles. The van der Waals surface area contributed by atoms with Crippen LogP contribution in [0.5, 0.6) is 0 Å². The first-order valence-electron chi connectivity index (χ1n) is 9.11. The summed E-state index contributed by atoms with van der Waals surface area (Å²) in [6.45, 7) is 10.9. The largest absolute Gasteiger partial charge is 0.375 e. The van der Waals surface area contributed by atoms with Gasteiger partial charge in [-0.05, 0) is 52.4 Å². The van der Waals surface area contributed by atoms with E-state index in [1.54, 1.807) is 0 Å². The normalized spacial score (nSPS) is 30.7. The first kappa shape index (κ1) is 15.8. The average Bonchev–Trinajstić information content (AvgIpc) is 3.25. The summed E-state index contributed by atoms with van der Waals surface area (Å²) >= 11 is 0. The minimum absolute atomic E-state index is 0.0103. The van der Waals surface area contributed by atoms with Crippen LogP contribution >= 0.6 is 0 Å². The first-order chi connectivity index (χ1) is 9.99. The summed E-state index contributed by atoms with van der Waals surface area (Å²) < 4.78 is 6.02. The van der Waals surface area contributed by atoms with Gasteiger partial charge in [0.25, 0.3) is 0 Å². The van der Waals surface area contributed by atoms with E-state index in [0.29, 0.717) is 5.54 Å². The van der Waals surface area contributed by atoms with Crippen LogP contribution in [0.1, 0.15) is 65.7 Å². The zero-order valence-corrected chi connectivity index (χ0v) is 14.3. The van der Waals surface area contributed by atoms with Crippen molar-refractivity contribution in [3.05, 3.63) is 0 Å². The van der Waals surface area contributed by atoms with Crippen LogP contribution in [-0.2, 0) is 4.74 Å². The van der Waals surface area contributed by atoms with Crippen molar-refractivity contribution >= 4 is 0 Å². The lowest BCUT2D eigenvalue weighted by Gasteiger charge is -2.52. The van der Waals surface area contributed by atoms with Crippen LogP contribution in [0.3, 0.4) is 0 Å². The topological polar surface area (TPSA) is 24.5 Å². The zero-order chi connectivity index (χ0) is 14.9. The van der Waals surface area contributed by atoms with Crippen LogP contribution in [0, 0.1) is 5.92 Å². The Bertz CT molecular complexity index is 340. The molecule has 3 fully saturated rings. The SMILES string of the molecule is CC(C)(C)OCCN1CC(C2CC2)NCC12CCCCC2. The molecular formula is C18H34N2O. The van der Waals surface area contributed by atoms with Crippen molar-refractivity contribution < 1.29 is 4.74 Å². The van der Waals surface area contributed by atoms with Gasteiger partial charge in [-0.2, -0.15) is 0 Å². The summed E-state index contributed by atoms with van der Waals surface area (Å²) in [5.74, 6) is 0.956. The van der Waals surface area contributed by atoms with Crippen LogP contribution in [-0.4, -0.2) is 48.3 Å². The highest BCUT2D eigenvalue weighted by Gasteiger charge is 2.45. The fraction of sp³-hybridized carbons (Fsp3) is 1.00. The molecule has 3 nitrogen and oxygen atoms in total. The fourth-order valence-electron chi connectivity index (χ4n) is 4.24. The minimum atomic E-state index is -0.0103. The van der Waals surface area contributed by atoms with Crippen molar-refractivity contribution in [3.63, 3.8) is 0 Å². The highest BCUT2D eigenvalue weighted by atomic mass is 16.5. The van der Waals surface area contributed by atoms with Gasteiger partial charge in [0.2, 0.25) is 0 Å². The van der Waals surface area contributed by atoms with E-state index in [2.05, 4.69) is 31.0 Å². The first-order valence-corrected chi connectivity index (χ1v) is 9.11. The molecule has 3 heteroatoms. The smallest absolute Gasteiger partial charge is 0.0600 e. The zero-order valence-electron chi connectivity index (χ0n) is 14.3. The minimum Gasteiger partial charge on any atom is -0.375 e. The van der Waals surface area contributed by atoms with Gasteiger partial charge >= 0.3 is 0 Å². The van der Waals surface area contributed by atoms with Gasteiger partial charge in [-0.15, -0.1) is 0 Å². The molecule has 1 spiro atoms. The Labute approximate surface area is 130 Å². The molecule has 0 amide bonds. The van der Waals surface area contributed by atoms with Gasteiger partial charge in [0, 0.05) is 31.2 Å². The number of rotatable bonds is 4. The molecule has 0 aromatic heterocycles. The summed E-state index contributed by atoms with van der Waals surface area (Å²) in [6.07, 6.45) is 9.90. The van der Waals surface area contributed by atoms with Crippen molar-refractivity contribution in [1.29, 1.82) is 0 Å². The molecule has 1 unspecified atom stereocenters. The molecule has 3 rings (SSSR count). The number of ether oxygens (including phenoxy) is 1. The van der Waals surface area contributed by atoms with Gasteiger partial charge in [0.05, 0.1) is 12.2 Å². The molecule has 3 aliphatic rings. The fourth-order valence-corrected chi connectivity index (χ4v) is 4.24. The Morgan fingerprint density at radius 3 is 2.48 bits per heavy atom. The molecule has 0 aromatic rings. The molecule has 122 valence electrons. The molecule has 2 aliphatic carbocycles. The number of hydrogen-bond donors (Lipinski definition) is 1. The van der Waals surface area contributed by atoms with Crippen LogP contribution in [0.25, 0.3) is 0 Å². The highest BCUT2D eigenvalue weighted by Crippen LogP contribution is 2.40. The average molecular weight is 294 g/mol. The van der Waals surface area contributed by atoms with Crippen LogP contribution in [0.2, 0.25) is 0 Å². The molecule has 2 saturated carbocycles. The Morgan fingerprint density at radius 1 is 1.14 bits per heavy atom. The molecule has 0 aromatic carbocycles. The molecule has 1 heterocycles. The van der Waals surface area contributed by atoms with E-state index in [1.807, 2.05) is 0 Å². The van der Waals surface area contributed by atoms with Gasteiger partial charge in [-0.1, -0.05) is 19.3 Å². The summed E-state index contributed by atoms with van der Waals surface area (Å²) in [7, 11) is 0. The number of nitrogens with one attached hydrogen (secondary N) is 1. The molecule has 1 saturated heterocycles. The van der Waals surface area contributed by atoms with Crippen molar-refractivity contribution in [1.82, 2.24) is 10.2 Å². The highest BCUT2D eigenvalue weighted by molar-refractivity contribution is 5.03. The Kier molecular flexibility index (Phi) is 4.63. The van der Waals surface area contributed by atoms with E-state index in [-0.39, 0.29) is 5.60 Å². The molecule has 21 heavy (non-hydrogen) atoms.